The van der Waals surface area contributed by atoms with Gasteiger partial charge in [-0.1, -0.05) is 0 Å². The molecule has 20 heavy (non-hydrogen) atoms. The van der Waals surface area contributed by atoms with E-state index in [0.717, 1.165) is 35.7 Å². The highest BCUT2D eigenvalue weighted by Gasteiger charge is 2.30. The van der Waals surface area contributed by atoms with Crippen molar-refractivity contribution in [3.8, 4) is 0 Å². The molecule has 1 aromatic heterocycles. The van der Waals surface area contributed by atoms with Gasteiger partial charge in [-0.2, -0.15) is 11.8 Å². The van der Waals surface area contributed by atoms with Crippen molar-refractivity contribution in [2.75, 3.05) is 18.6 Å². The molecule has 0 unspecified atom stereocenters. The number of carbonyl (C=O) groups excluding carboxylic acids is 1. The molecule has 0 aromatic carbocycles. The first kappa shape index (κ1) is 15.8. The number of ether oxygens (including phenoxy) is 1. The number of nitrogens with one attached hydrogen (secondary N) is 1. The average molecular weight is 335 g/mol. The number of thiophene rings is 1. The molecule has 112 valence electrons. The van der Waals surface area contributed by atoms with E-state index in [1.807, 2.05) is 11.8 Å². The Labute approximate surface area is 127 Å². The van der Waals surface area contributed by atoms with Crippen LogP contribution in [0.2, 0.25) is 0 Å². The van der Waals surface area contributed by atoms with Gasteiger partial charge in [0, 0.05) is 6.04 Å². The van der Waals surface area contributed by atoms with Crippen LogP contribution in [0.4, 0.5) is 0 Å². The lowest BCUT2D eigenvalue weighted by atomic mass is 10.2. The van der Waals surface area contributed by atoms with Crippen LogP contribution < -0.4 is 4.72 Å². The van der Waals surface area contributed by atoms with Crippen LogP contribution in [0.25, 0.3) is 0 Å². The van der Waals surface area contributed by atoms with E-state index in [2.05, 4.69) is 9.46 Å². The van der Waals surface area contributed by atoms with Gasteiger partial charge in [0.05, 0.1) is 7.11 Å². The number of carbonyl (C=O) groups is 1. The molecule has 8 heteroatoms. The fourth-order valence-corrected chi connectivity index (χ4v) is 6.21. The Balaban J connectivity index is 2.29. The lowest BCUT2D eigenvalue weighted by Crippen LogP contribution is -2.37. The number of aryl methyl sites for hydroxylation is 1. The Hall–Kier alpha value is -0.570. The maximum absolute atomic E-state index is 12.5. The molecule has 1 N–H and O–H groups in total. The van der Waals surface area contributed by atoms with Gasteiger partial charge < -0.3 is 4.74 Å². The second kappa shape index (κ2) is 6.46. The molecule has 2 heterocycles. The first-order valence-electron chi connectivity index (χ1n) is 6.22. The largest absolute Gasteiger partial charge is 0.465 e. The highest BCUT2D eigenvalue weighted by molar-refractivity contribution is 7.99. The average Bonchev–Trinajstić information content (AvgIpc) is 2.81. The van der Waals surface area contributed by atoms with Gasteiger partial charge in [-0.05, 0) is 42.2 Å². The molecule has 0 bridgehead atoms. The number of hydrogen-bond donors (Lipinski definition) is 1. The number of thioether (sulfide) groups is 1. The van der Waals surface area contributed by atoms with Crippen LogP contribution in [-0.2, 0) is 14.8 Å². The summed E-state index contributed by atoms with van der Waals surface area (Å²) in [5, 5.41) is 1.66. The minimum Gasteiger partial charge on any atom is -0.465 e. The van der Waals surface area contributed by atoms with Crippen molar-refractivity contribution < 1.29 is 17.9 Å². The number of rotatable bonds is 4. The number of sulfonamides is 1. The SMILES string of the molecule is COC(=O)c1scc(C)c1S(=O)(=O)NC1CCSCC1. The number of esters is 1. The second-order valence-electron chi connectivity index (χ2n) is 4.58. The summed E-state index contributed by atoms with van der Waals surface area (Å²) in [7, 11) is -2.43. The van der Waals surface area contributed by atoms with Crippen LogP contribution in [0, 0.1) is 6.92 Å². The van der Waals surface area contributed by atoms with Crippen LogP contribution in [-0.4, -0.2) is 39.0 Å². The molecule has 5 nitrogen and oxygen atoms in total. The summed E-state index contributed by atoms with van der Waals surface area (Å²) < 4.78 is 32.4. The zero-order valence-electron chi connectivity index (χ0n) is 11.3. The van der Waals surface area contributed by atoms with Crippen molar-refractivity contribution in [2.45, 2.75) is 30.7 Å². The van der Waals surface area contributed by atoms with Crippen molar-refractivity contribution in [1.29, 1.82) is 0 Å². The number of methoxy groups -OCH3 is 1. The molecule has 0 atom stereocenters. The first-order chi connectivity index (χ1) is 9.45. The van der Waals surface area contributed by atoms with E-state index in [1.165, 1.54) is 7.11 Å². The van der Waals surface area contributed by atoms with Gasteiger partial charge in [-0.25, -0.2) is 17.9 Å². The minimum atomic E-state index is -3.68. The number of hydrogen-bond acceptors (Lipinski definition) is 6. The highest BCUT2D eigenvalue weighted by atomic mass is 32.2. The Morgan fingerprint density at radius 3 is 2.65 bits per heavy atom. The van der Waals surface area contributed by atoms with Crippen molar-refractivity contribution in [3.05, 3.63) is 15.8 Å². The molecule has 1 saturated heterocycles. The van der Waals surface area contributed by atoms with E-state index >= 15 is 0 Å². The van der Waals surface area contributed by atoms with Crippen LogP contribution in [0.5, 0.6) is 0 Å². The molecule has 0 spiro atoms. The molecular weight excluding hydrogens is 318 g/mol. The predicted octanol–water partition coefficient (Wildman–Crippen LogP) is 2.02. The van der Waals surface area contributed by atoms with Gasteiger partial charge in [0.15, 0.2) is 0 Å². The molecule has 0 saturated carbocycles. The van der Waals surface area contributed by atoms with Crippen molar-refractivity contribution in [1.82, 2.24) is 4.72 Å². The molecule has 1 aliphatic heterocycles. The van der Waals surface area contributed by atoms with E-state index in [4.69, 9.17) is 0 Å². The summed E-state index contributed by atoms with van der Waals surface area (Å²) >= 11 is 2.93. The van der Waals surface area contributed by atoms with E-state index in [9.17, 15) is 13.2 Å². The third-order valence-electron chi connectivity index (χ3n) is 3.10. The van der Waals surface area contributed by atoms with Crippen molar-refractivity contribution >= 4 is 39.1 Å². The van der Waals surface area contributed by atoms with Crippen LogP contribution in [0.1, 0.15) is 28.1 Å². The summed E-state index contributed by atoms with van der Waals surface area (Å²) in [5.41, 5.74) is 0.577. The topological polar surface area (TPSA) is 72.5 Å². The van der Waals surface area contributed by atoms with Gasteiger partial charge in [0.1, 0.15) is 9.77 Å². The quantitative estimate of drug-likeness (QED) is 0.852. The monoisotopic (exact) mass is 335 g/mol. The first-order valence-corrected chi connectivity index (χ1v) is 9.74. The van der Waals surface area contributed by atoms with E-state index in [1.54, 1.807) is 12.3 Å². The summed E-state index contributed by atoms with van der Waals surface area (Å²) in [6.45, 7) is 1.69. The molecule has 0 aliphatic carbocycles. The molecule has 1 fully saturated rings. The highest BCUT2D eigenvalue weighted by Crippen LogP contribution is 2.28. The maximum atomic E-state index is 12.5. The minimum absolute atomic E-state index is 0.0500. The molecule has 0 amide bonds. The predicted molar refractivity (Wildman–Crippen MR) is 81.1 cm³/mol. The van der Waals surface area contributed by atoms with Crippen LogP contribution in [0.3, 0.4) is 0 Å². The zero-order valence-corrected chi connectivity index (χ0v) is 13.8. The Morgan fingerprint density at radius 1 is 1.40 bits per heavy atom. The molecule has 1 aliphatic rings. The molecule has 1 aromatic rings. The standard InChI is InChI=1S/C12H17NO4S3/c1-8-7-19-10(12(14)17-2)11(8)20(15,16)13-9-3-5-18-6-4-9/h7,9,13H,3-6H2,1-2H3. The van der Waals surface area contributed by atoms with Gasteiger partial charge >= 0.3 is 5.97 Å². The molecule has 2 rings (SSSR count). The lowest BCUT2D eigenvalue weighted by molar-refractivity contribution is 0.0602. The zero-order chi connectivity index (χ0) is 14.8. The van der Waals surface area contributed by atoms with Crippen molar-refractivity contribution in [2.24, 2.45) is 0 Å². The third-order valence-corrected chi connectivity index (χ3v) is 7.06. The summed E-state index contributed by atoms with van der Waals surface area (Å²) in [6.07, 6.45) is 1.64. The molecular formula is C12H17NO4S3. The third kappa shape index (κ3) is 3.36. The fraction of sp³-hybridized carbons (Fsp3) is 0.583. The Kier molecular flexibility index (Phi) is 5.11. The fourth-order valence-electron chi connectivity index (χ4n) is 2.09. The summed E-state index contributed by atoms with van der Waals surface area (Å²) in [4.78, 5) is 11.9. The van der Waals surface area contributed by atoms with Gasteiger partial charge in [-0.15, -0.1) is 11.3 Å². The normalized spacial score (nSPS) is 17.1. The van der Waals surface area contributed by atoms with E-state index in [0.29, 0.717) is 5.56 Å². The van der Waals surface area contributed by atoms with Gasteiger partial charge in [-0.3, -0.25) is 0 Å². The summed E-state index contributed by atoms with van der Waals surface area (Å²) in [5.74, 6) is 1.31. The van der Waals surface area contributed by atoms with Gasteiger partial charge in [0.2, 0.25) is 10.0 Å². The van der Waals surface area contributed by atoms with Crippen LogP contribution >= 0.6 is 23.1 Å². The van der Waals surface area contributed by atoms with E-state index in [-0.39, 0.29) is 15.8 Å². The van der Waals surface area contributed by atoms with Crippen molar-refractivity contribution in [3.63, 3.8) is 0 Å². The van der Waals surface area contributed by atoms with Gasteiger partial charge in [0.25, 0.3) is 0 Å². The lowest BCUT2D eigenvalue weighted by Gasteiger charge is -2.22. The van der Waals surface area contributed by atoms with Crippen LogP contribution in [0.15, 0.2) is 10.3 Å². The maximum Gasteiger partial charge on any atom is 0.349 e. The smallest absolute Gasteiger partial charge is 0.349 e. The Bertz CT molecular complexity index is 588. The summed E-state index contributed by atoms with van der Waals surface area (Å²) in [6, 6.07) is -0.0500. The molecule has 0 radical (unpaired) electrons. The van der Waals surface area contributed by atoms with E-state index < -0.39 is 16.0 Å². The Morgan fingerprint density at radius 2 is 2.05 bits per heavy atom. The second-order valence-corrected chi connectivity index (χ2v) is 8.33.